The molecule has 2 aromatic heterocycles. The van der Waals surface area contributed by atoms with Crippen LogP contribution in [-0.2, 0) is 33.8 Å². The van der Waals surface area contributed by atoms with Gasteiger partial charge in [-0.05, 0) is 39.3 Å². The highest BCUT2D eigenvalue weighted by Crippen LogP contribution is 2.24. The number of nitrogens with zero attached hydrogens (tertiary/aromatic N) is 6. The minimum absolute atomic E-state index is 0.0101. The molecule has 226 valence electrons. The second-order valence-corrected chi connectivity index (χ2v) is 11.7. The summed E-state index contributed by atoms with van der Waals surface area (Å²) < 4.78 is 27.7. The number of amides is 3. The van der Waals surface area contributed by atoms with Crippen LogP contribution < -0.4 is 10.9 Å². The number of ether oxygens (including phenoxy) is 2. The molecule has 0 spiro atoms. The molecular weight excluding hydrogens is 549 g/mol. The fourth-order valence-electron chi connectivity index (χ4n) is 5.24. The van der Waals surface area contributed by atoms with Crippen LogP contribution in [0.2, 0.25) is 0 Å². The van der Waals surface area contributed by atoms with Crippen molar-refractivity contribution < 1.29 is 28.2 Å². The molecule has 0 aromatic carbocycles. The maximum atomic E-state index is 13.8. The van der Waals surface area contributed by atoms with E-state index >= 15 is 0 Å². The summed E-state index contributed by atoms with van der Waals surface area (Å²) >= 11 is 0. The predicted molar refractivity (Wildman–Crippen MR) is 149 cm³/mol. The van der Waals surface area contributed by atoms with Crippen LogP contribution in [0.5, 0.6) is 0 Å². The Kier molecular flexibility index (Phi) is 7.84. The topological polar surface area (TPSA) is 131 Å². The molecule has 3 amide bonds. The molecule has 5 rings (SSSR count). The number of carbonyl (C=O) groups is 3. The molecule has 5 heterocycles. The largest absolute Gasteiger partial charge is 0.444 e. The third kappa shape index (κ3) is 5.89. The van der Waals surface area contributed by atoms with E-state index in [0.29, 0.717) is 30.1 Å². The molecule has 3 aliphatic heterocycles. The average molecular weight is 586 g/mol. The first-order valence-corrected chi connectivity index (χ1v) is 13.9. The van der Waals surface area contributed by atoms with Gasteiger partial charge in [-0.25, -0.2) is 9.18 Å². The fourth-order valence-corrected chi connectivity index (χ4v) is 5.24. The van der Waals surface area contributed by atoms with Crippen LogP contribution in [0.4, 0.5) is 9.18 Å². The van der Waals surface area contributed by atoms with Crippen LogP contribution >= 0.6 is 0 Å². The zero-order valence-corrected chi connectivity index (χ0v) is 24.5. The Bertz CT molecular complexity index is 1550. The molecule has 1 fully saturated rings. The minimum atomic E-state index is -0.646. The number of fused-ring (bicyclic) bond motifs is 2. The number of morpholine rings is 1. The summed E-state index contributed by atoms with van der Waals surface area (Å²) in [6.45, 7) is 8.04. The van der Waals surface area contributed by atoms with E-state index in [4.69, 9.17) is 9.47 Å². The van der Waals surface area contributed by atoms with Crippen molar-refractivity contribution in [2.45, 2.75) is 58.9 Å². The van der Waals surface area contributed by atoms with E-state index in [2.05, 4.69) is 10.4 Å². The van der Waals surface area contributed by atoms with E-state index in [9.17, 15) is 23.6 Å². The van der Waals surface area contributed by atoms with Gasteiger partial charge >= 0.3 is 6.09 Å². The van der Waals surface area contributed by atoms with Crippen LogP contribution in [0.25, 0.3) is 5.65 Å². The Labute approximate surface area is 242 Å². The number of likely N-dealkylation sites (N-methyl/N-ethyl adjacent to an activating group) is 1. The Hall–Kier alpha value is -4.20. The molecule has 0 bridgehead atoms. The highest BCUT2D eigenvalue weighted by atomic mass is 19.1. The molecule has 2 aromatic rings. The van der Waals surface area contributed by atoms with Crippen LogP contribution in [0.15, 0.2) is 34.7 Å². The number of hydrogen-bond donors (Lipinski definition) is 1. The molecule has 0 unspecified atom stereocenters. The summed E-state index contributed by atoms with van der Waals surface area (Å²) in [7, 11) is 1.65. The summed E-state index contributed by atoms with van der Waals surface area (Å²) in [4.78, 5) is 57.7. The molecule has 42 heavy (non-hydrogen) atoms. The molecule has 13 nitrogen and oxygen atoms in total. The SMILES string of the molecule is CCc1cc2n(CC(=O)NC3=CC=C(F)CN3C)c3c(c(=O)n2n1)CN(C[C@@H]1CN(C(=O)OC(C)(C)C)CCO1)C3=O. The average Bonchev–Trinajstić information content (AvgIpc) is 3.49. The maximum Gasteiger partial charge on any atom is 0.410 e. The lowest BCUT2D eigenvalue weighted by Gasteiger charge is -2.35. The highest BCUT2D eigenvalue weighted by Gasteiger charge is 2.38. The molecule has 14 heteroatoms. The Morgan fingerprint density at radius 3 is 2.67 bits per heavy atom. The monoisotopic (exact) mass is 585 g/mol. The minimum Gasteiger partial charge on any atom is -0.444 e. The molecule has 1 saturated heterocycles. The number of aromatic nitrogens is 3. The van der Waals surface area contributed by atoms with Crippen LogP contribution in [0.1, 0.15) is 49.4 Å². The van der Waals surface area contributed by atoms with Gasteiger partial charge in [-0.1, -0.05) is 6.92 Å². The van der Waals surface area contributed by atoms with Crippen molar-refractivity contribution in [1.82, 2.24) is 34.2 Å². The molecule has 1 atom stereocenters. The second kappa shape index (κ2) is 11.2. The van der Waals surface area contributed by atoms with Gasteiger partial charge in [-0.3, -0.25) is 14.4 Å². The molecular formula is C28H36FN7O6. The lowest BCUT2D eigenvalue weighted by atomic mass is 10.2. The lowest BCUT2D eigenvalue weighted by molar-refractivity contribution is -0.121. The van der Waals surface area contributed by atoms with Gasteiger partial charge < -0.3 is 34.1 Å². The summed E-state index contributed by atoms with van der Waals surface area (Å²) in [6, 6.07) is 1.69. The van der Waals surface area contributed by atoms with E-state index in [1.165, 1.54) is 26.1 Å². The van der Waals surface area contributed by atoms with Gasteiger partial charge in [0.2, 0.25) is 5.91 Å². The number of halogens is 1. The zero-order valence-electron chi connectivity index (χ0n) is 24.5. The van der Waals surface area contributed by atoms with Crippen molar-refractivity contribution in [3.8, 4) is 0 Å². The van der Waals surface area contributed by atoms with Crippen molar-refractivity contribution in [2.75, 3.05) is 39.8 Å². The summed E-state index contributed by atoms with van der Waals surface area (Å²) in [5, 5.41) is 7.17. The van der Waals surface area contributed by atoms with Gasteiger partial charge in [0.25, 0.3) is 11.5 Å². The van der Waals surface area contributed by atoms with Crippen molar-refractivity contribution in [2.24, 2.45) is 0 Å². The third-order valence-corrected chi connectivity index (χ3v) is 7.23. The van der Waals surface area contributed by atoms with Gasteiger partial charge in [0.1, 0.15) is 35.1 Å². The number of aryl methyl sites for hydroxylation is 1. The Balaban J connectivity index is 1.40. The first-order chi connectivity index (χ1) is 19.8. The summed E-state index contributed by atoms with van der Waals surface area (Å²) in [5.74, 6) is -0.794. The Morgan fingerprint density at radius 1 is 1.21 bits per heavy atom. The van der Waals surface area contributed by atoms with Crippen molar-refractivity contribution in [3.05, 3.63) is 57.2 Å². The standard InChI is InChI=1S/C28H36FN7O6/c1-6-18-11-23-35(16-22(37)30-21-8-7-17(29)12-32(21)5)24-20(25(38)36(23)31-18)15-34(26(24)39)14-19-13-33(9-10-41-19)27(40)42-28(2,3)4/h7-8,11,19H,6,9-10,12-16H2,1-5H3,(H,30,37)/t19-/m0/s1. The molecule has 0 radical (unpaired) electrons. The number of carbonyl (C=O) groups excluding carboxylic acids is 3. The highest BCUT2D eigenvalue weighted by molar-refractivity contribution is 5.98. The van der Waals surface area contributed by atoms with Crippen molar-refractivity contribution >= 4 is 23.6 Å². The van der Waals surface area contributed by atoms with Gasteiger partial charge in [0, 0.05) is 26.2 Å². The summed E-state index contributed by atoms with van der Waals surface area (Å²) in [6.07, 6.45) is 2.36. The van der Waals surface area contributed by atoms with Gasteiger partial charge in [-0.2, -0.15) is 9.61 Å². The van der Waals surface area contributed by atoms with E-state index in [0.717, 1.165) is 0 Å². The molecule has 1 N–H and O–H groups in total. The van der Waals surface area contributed by atoms with Crippen LogP contribution in [0, 0.1) is 0 Å². The normalized spacial score (nSPS) is 19.1. The first-order valence-electron chi connectivity index (χ1n) is 13.9. The lowest BCUT2D eigenvalue weighted by Crippen LogP contribution is -2.50. The van der Waals surface area contributed by atoms with E-state index < -0.39 is 35.2 Å². The fraction of sp³-hybridized carbons (Fsp3) is 0.536. The van der Waals surface area contributed by atoms with E-state index in [-0.39, 0.29) is 56.4 Å². The Morgan fingerprint density at radius 2 is 1.98 bits per heavy atom. The number of rotatable bonds is 6. The van der Waals surface area contributed by atoms with Gasteiger partial charge in [-0.15, -0.1) is 0 Å². The van der Waals surface area contributed by atoms with Crippen LogP contribution in [-0.4, -0.2) is 98.3 Å². The maximum absolute atomic E-state index is 13.8. The quantitative estimate of drug-likeness (QED) is 0.539. The van der Waals surface area contributed by atoms with Crippen LogP contribution in [0.3, 0.4) is 0 Å². The number of hydrogen-bond acceptors (Lipinski definition) is 8. The third-order valence-electron chi connectivity index (χ3n) is 7.23. The van der Waals surface area contributed by atoms with Gasteiger partial charge in [0.05, 0.1) is 43.6 Å². The first kappa shape index (κ1) is 29.3. The number of nitrogens with one attached hydrogen (secondary N) is 1. The van der Waals surface area contributed by atoms with E-state index in [1.54, 1.807) is 43.7 Å². The van der Waals surface area contributed by atoms with Crippen molar-refractivity contribution in [1.29, 1.82) is 0 Å². The smallest absolute Gasteiger partial charge is 0.410 e. The van der Waals surface area contributed by atoms with Crippen molar-refractivity contribution in [3.63, 3.8) is 0 Å². The van der Waals surface area contributed by atoms with Gasteiger partial charge in [0.15, 0.2) is 0 Å². The molecule has 0 saturated carbocycles. The molecule has 0 aliphatic carbocycles. The molecule has 3 aliphatic rings. The predicted octanol–water partition coefficient (Wildman–Crippen LogP) is 1.41. The zero-order chi connectivity index (χ0) is 30.3. The summed E-state index contributed by atoms with van der Waals surface area (Å²) in [5.41, 5.74) is 0.229. The second-order valence-electron chi connectivity index (χ2n) is 11.7. The number of allylic oxidation sites excluding steroid dienone is 2. The van der Waals surface area contributed by atoms with E-state index in [1.807, 2.05) is 6.92 Å².